The number of rotatable bonds is 1. The lowest BCUT2D eigenvalue weighted by atomic mass is 9.87. The van der Waals surface area contributed by atoms with E-state index in [4.69, 9.17) is 5.26 Å². The van der Waals surface area contributed by atoms with Gasteiger partial charge >= 0.3 is 0 Å². The van der Waals surface area contributed by atoms with Crippen LogP contribution in [0.25, 0.3) is 0 Å². The molecule has 1 fully saturated rings. The van der Waals surface area contributed by atoms with E-state index in [1.807, 2.05) is 11.8 Å². The molecule has 0 saturated carbocycles. The highest BCUT2D eigenvalue weighted by molar-refractivity contribution is 5.79. The fourth-order valence-electron chi connectivity index (χ4n) is 3.32. The van der Waals surface area contributed by atoms with E-state index >= 15 is 0 Å². The van der Waals surface area contributed by atoms with E-state index in [-0.39, 0.29) is 17.7 Å². The Labute approximate surface area is 119 Å². The van der Waals surface area contributed by atoms with Gasteiger partial charge in [-0.1, -0.05) is 0 Å². The van der Waals surface area contributed by atoms with Gasteiger partial charge in [-0.05, 0) is 32.6 Å². The Kier molecular flexibility index (Phi) is 3.47. The monoisotopic (exact) mass is 272 g/mol. The van der Waals surface area contributed by atoms with Crippen LogP contribution in [0.4, 0.5) is 0 Å². The summed E-state index contributed by atoms with van der Waals surface area (Å²) >= 11 is 0. The second-order valence-corrected chi connectivity index (χ2v) is 5.92. The van der Waals surface area contributed by atoms with Crippen molar-refractivity contribution in [3.8, 4) is 6.07 Å². The molecular formula is C15H20N4O. The lowest BCUT2D eigenvalue weighted by molar-refractivity contribution is -0.137. The van der Waals surface area contributed by atoms with Crippen LogP contribution in [0.1, 0.15) is 36.5 Å². The number of hydrogen-bond acceptors (Lipinski definition) is 3. The topological polar surface area (TPSA) is 72.8 Å². The van der Waals surface area contributed by atoms with Gasteiger partial charge in [-0.15, -0.1) is 0 Å². The van der Waals surface area contributed by atoms with Crippen LogP contribution >= 0.6 is 0 Å². The zero-order valence-corrected chi connectivity index (χ0v) is 11.9. The molecule has 1 unspecified atom stereocenters. The van der Waals surface area contributed by atoms with Crippen molar-refractivity contribution in [2.75, 3.05) is 13.1 Å². The molecule has 0 spiro atoms. The Morgan fingerprint density at radius 1 is 1.40 bits per heavy atom. The number of nitrogens with one attached hydrogen (secondary N) is 1. The third-order valence-corrected chi connectivity index (χ3v) is 4.50. The molecule has 1 aliphatic heterocycles. The summed E-state index contributed by atoms with van der Waals surface area (Å²) in [6.45, 7) is 3.44. The van der Waals surface area contributed by atoms with E-state index < -0.39 is 0 Å². The minimum absolute atomic E-state index is 0.0842. The molecule has 1 aliphatic carbocycles. The summed E-state index contributed by atoms with van der Waals surface area (Å²) < 4.78 is 0. The van der Waals surface area contributed by atoms with Gasteiger partial charge in [0.05, 0.1) is 11.8 Å². The number of aryl methyl sites for hydroxylation is 2. The highest BCUT2D eigenvalue weighted by atomic mass is 16.2. The second-order valence-electron chi connectivity index (χ2n) is 5.92. The van der Waals surface area contributed by atoms with Crippen molar-refractivity contribution in [2.24, 2.45) is 11.8 Å². The Bertz CT molecular complexity index is 549. The number of fused-ring (bicyclic) bond motifs is 1. The van der Waals surface area contributed by atoms with Gasteiger partial charge in [0.1, 0.15) is 5.82 Å². The number of nitrogens with zero attached hydrogens (tertiary/aromatic N) is 3. The summed E-state index contributed by atoms with van der Waals surface area (Å²) in [4.78, 5) is 22.3. The van der Waals surface area contributed by atoms with Gasteiger partial charge in [0.15, 0.2) is 0 Å². The first kappa shape index (κ1) is 13.2. The maximum absolute atomic E-state index is 12.6. The number of aromatic nitrogens is 2. The summed E-state index contributed by atoms with van der Waals surface area (Å²) in [5, 5.41) is 8.91. The first-order chi connectivity index (χ1) is 9.67. The fourth-order valence-corrected chi connectivity index (χ4v) is 3.32. The van der Waals surface area contributed by atoms with Crippen LogP contribution in [0.3, 0.4) is 0 Å². The van der Waals surface area contributed by atoms with Crippen LogP contribution in [0.2, 0.25) is 0 Å². The van der Waals surface area contributed by atoms with E-state index in [0.29, 0.717) is 0 Å². The number of carbonyl (C=O) groups is 1. The number of imidazole rings is 1. The largest absolute Gasteiger partial charge is 0.346 e. The highest BCUT2D eigenvalue weighted by Crippen LogP contribution is 2.27. The van der Waals surface area contributed by atoms with Crippen molar-refractivity contribution >= 4 is 5.91 Å². The van der Waals surface area contributed by atoms with Gasteiger partial charge in [-0.2, -0.15) is 5.26 Å². The van der Waals surface area contributed by atoms with Gasteiger partial charge in [0.25, 0.3) is 0 Å². The second kappa shape index (κ2) is 5.28. The molecule has 1 aromatic rings. The Hall–Kier alpha value is -1.83. The third-order valence-electron chi connectivity index (χ3n) is 4.50. The predicted molar refractivity (Wildman–Crippen MR) is 73.8 cm³/mol. The Morgan fingerprint density at radius 3 is 2.85 bits per heavy atom. The molecule has 1 saturated heterocycles. The van der Waals surface area contributed by atoms with Gasteiger partial charge in [0.2, 0.25) is 5.91 Å². The van der Waals surface area contributed by atoms with Gasteiger partial charge < -0.3 is 9.88 Å². The molecule has 1 aromatic heterocycles. The molecule has 5 nitrogen and oxygen atoms in total. The average Bonchev–Trinajstić information content (AvgIpc) is 2.85. The molecule has 1 amide bonds. The molecule has 0 radical (unpaired) electrons. The molecule has 3 rings (SSSR count). The number of hydrogen-bond donors (Lipinski definition) is 1. The minimum atomic E-state index is 0.0842. The summed E-state index contributed by atoms with van der Waals surface area (Å²) in [5.41, 5.74) is 2.27. The van der Waals surface area contributed by atoms with Crippen molar-refractivity contribution in [3.05, 3.63) is 17.2 Å². The number of piperidine rings is 1. The highest BCUT2D eigenvalue weighted by Gasteiger charge is 2.31. The van der Waals surface area contributed by atoms with Crippen LogP contribution in [-0.4, -0.2) is 33.9 Å². The van der Waals surface area contributed by atoms with E-state index in [1.165, 1.54) is 0 Å². The molecule has 20 heavy (non-hydrogen) atoms. The minimum Gasteiger partial charge on any atom is -0.346 e. The van der Waals surface area contributed by atoms with Crippen molar-refractivity contribution in [1.82, 2.24) is 14.9 Å². The zero-order valence-electron chi connectivity index (χ0n) is 11.9. The van der Waals surface area contributed by atoms with E-state index in [1.54, 1.807) is 0 Å². The van der Waals surface area contributed by atoms with E-state index in [0.717, 1.165) is 62.4 Å². The molecule has 1 N–H and O–H groups in total. The number of amides is 1. The molecular weight excluding hydrogens is 252 g/mol. The third kappa shape index (κ3) is 2.43. The molecule has 0 aromatic carbocycles. The number of carbonyl (C=O) groups excluding carboxylic acids is 1. The lowest BCUT2D eigenvalue weighted by Gasteiger charge is -2.33. The quantitative estimate of drug-likeness (QED) is 0.843. The van der Waals surface area contributed by atoms with Crippen LogP contribution in [0.5, 0.6) is 0 Å². The number of likely N-dealkylation sites (tertiary alicyclic amines) is 1. The zero-order chi connectivity index (χ0) is 14.1. The van der Waals surface area contributed by atoms with E-state index in [2.05, 4.69) is 16.0 Å². The fraction of sp³-hybridized carbons (Fsp3) is 0.667. The van der Waals surface area contributed by atoms with Crippen LogP contribution < -0.4 is 0 Å². The van der Waals surface area contributed by atoms with Gasteiger partial charge in [-0.25, -0.2) is 4.98 Å². The maximum Gasteiger partial charge on any atom is 0.226 e. The molecule has 0 bridgehead atoms. The SMILES string of the molecule is Cc1nc2c([nH]1)CC(C(=O)N1CCC(C#N)CC1)CC2. The lowest BCUT2D eigenvalue weighted by Crippen LogP contribution is -2.43. The van der Waals surface area contributed by atoms with E-state index in [9.17, 15) is 4.79 Å². The predicted octanol–water partition coefficient (Wildman–Crippen LogP) is 1.59. The Morgan fingerprint density at radius 2 is 2.15 bits per heavy atom. The van der Waals surface area contributed by atoms with Crippen LogP contribution in [0, 0.1) is 30.1 Å². The molecule has 1 atom stereocenters. The Balaban J connectivity index is 1.63. The summed E-state index contributed by atoms with van der Waals surface area (Å²) in [5.74, 6) is 1.42. The normalized spacial score (nSPS) is 23.2. The van der Waals surface area contributed by atoms with Gasteiger partial charge in [0, 0.05) is 37.0 Å². The molecule has 2 heterocycles. The number of nitriles is 1. The summed E-state index contributed by atoms with van der Waals surface area (Å²) in [6.07, 6.45) is 4.22. The number of aromatic amines is 1. The molecule has 2 aliphatic rings. The molecule has 106 valence electrons. The summed E-state index contributed by atoms with van der Waals surface area (Å²) in [6, 6.07) is 2.31. The first-order valence-electron chi connectivity index (χ1n) is 7.40. The van der Waals surface area contributed by atoms with Crippen molar-refractivity contribution in [3.63, 3.8) is 0 Å². The maximum atomic E-state index is 12.6. The average molecular weight is 272 g/mol. The number of H-pyrrole nitrogens is 1. The molecule has 5 heteroatoms. The van der Waals surface area contributed by atoms with Crippen molar-refractivity contribution in [2.45, 2.75) is 39.0 Å². The van der Waals surface area contributed by atoms with Crippen LogP contribution in [-0.2, 0) is 17.6 Å². The smallest absolute Gasteiger partial charge is 0.226 e. The van der Waals surface area contributed by atoms with Gasteiger partial charge in [-0.3, -0.25) is 4.79 Å². The van der Waals surface area contributed by atoms with Crippen molar-refractivity contribution < 1.29 is 4.79 Å². The standard InChI is InChI=1S/C15H20N4O/c1-10-17-13-3-2-12(8-14(13)18-10)15(20)19-6-4-11(9-16)5-7-19/h11-12H,2-8H2,1H3,(H,17,18). The first-order valence-corrected chi connectivity index (χ1v) is 7.40. The summed E-state index contributed by atoms with van der Waals surface area (Å²) in [7, 11) is 0. The van der Waals surface area contributed by atoms with Crippen molar-refractivity contribution in [1.29, 1.82) is 5.26 Å². The van der Waals surface area contributed by atoms with Crippen LogP contribution in [0.15, 0.2) is 0 Å².